The highest BCUT2D eigenvalue weighted by Gasteiger charge is 2.09. The van der Waals surface area contributed by atoms with E-state index in [0.717, 1.165) is 12.8 Å². The molecule has 0 aliphatic rings. The predicted molar refractivity (Wildman–Crippen MR) is 78.5 cm³/mol. The molecule has 1 N–H and O–H groups in total. The van der Waals surface area contributed by atoms with Gasteiger partial charge in [0.2, 0.25) is 0 Å². The van der Waals surface area contributed by atoms with E-state index in [9.17, 15) is 14.0 Å². The van der Waals surface area contributed by atoms with Crippen molar-refractivity contribution < 1.29 is 18.7 Å². The van der Waals surface area contributed by atoms with Crippen LogP contribution in [0.1, 0.15) is 35.7 Å². The van der Waals surface area contributed by atoms with E-state index < -0.39 is 11.8 Å². The third kappa shape index (κ3) is 3.56. The Kier molecular flexibility index (Phi) is 4.87. The highest BCUT2D eigenvalue weighted by molar-refractivity contribution is 6.03. The molecule has 2 aromatic rings. The maximum Gasteiger partial charge on any atom is 0.330 e. The summed E-state index contributed by atoms with van der Waals surface area (Å²) in [6.45, 7) is 2.36. The molecule has 0 unspecified atom stereocenters. The van der Waals surface area contributed by atoms with Crippen LogP contribution in [0.5, 0.6) is 0 Å². The second kappa shape index (κ2) is 6.83. The molecule has 0 saturated carbocycles. The van der Waals surface area contributed by atoms with Crippen LogP contribution in [0.3, 0.4) is 0 Å². The van der Waals surface area contributed by atoms with Gasteiger partial charge in [-0.05, 0) is 30.2 Å². The number of fused-ring (bicyclic) bond motifs is 1. The van der Waals surface area contributed by atoms with E-state index in [1.807, 2.05) is 6.92 Å². The quantitative estimate of drug-likeness (QED) is 0.383. The molecule has 0 amide bonds. The van der Waals surface area contributed by atoms with E-state index in [2.05, 4.69) is 4.98 Å². The number of carbonyl (C=O) groups excluding carboxylic acids is 2. The summed E-state index contributed by atoms with van der Waals surface area (Å²) in [5.41, 5.74) is 1.39. The van der Waals surface area contributed by atoms with Crippen LogP contribution in [0.25, 0.3) is 17.0 Å². The Balaban J connectivity index is 2.26. The molecule has 1 aromatic heterocycles. The molecular formula is C16H16FNO3. The number of rotatable bonds is 6. The monoisotopic (exact) mass is 289 g/mol. The van der Waals surface area contributed by atoms with Gasteiger partial charge >= 0.3 is 5.97 Å². The lowest BCUT2D eigenvalue weighted by Crippen LogP contribution is -2.01. The number of hydrogen-bond donors (Lipinski definition) is 1. The number of esters is 1. The number of ether oxygens (including phenoxy) is 1. The van der Waals surface area contributed by atoms with Gasteiger partial charge in [0.05, 0.1) is 6.61 Å². The third-order valence-corrected chi connectivity index (χ3v) is 3.07. The first-order chi connectivity index (χ1) is 10.2. The molecule has 0 atom stereocenters. The first-order valence-corrected chi connectivity index (χ1v) is 6.76. The summed E-state index contributed by atoms with van der Waals surface area (Å²) in [4.78, 5) is 25.4. The Morgan fingerprint density at radius 3 is 2.90 bits per heavy atom. The SMILES string of the molecule is CCCCOC(=O)/C=C/c1cc(F)cc2[nH]cc(C=O)c12. The number of nitrogens with one attached hydrogen (secondary N) is 1. The Morgan fingerprint density at radius 2 is 2.19 bits per heavy atom. The van der Waals surface area contributed by atoms with Crippen LogP contribution in [0.2, 0.25) is 0 Å². The molecule has 0 bridgehead atoms. The minimum Gasteiger partial charge on any atom is -0.463 e. The fourth-order valence-corrected chi connectivity index (χ4v) is 2.04. The number of benzene rings is 1. The second-order valence-electron chi connectivity index (χ2n) is 4.63. The molecule has 1 aromatic carbocycles. The molecule has 21 heavy (non-hydrogen) atoms. The van der Waals surface area contributed by atoms with Crippen LogP contribution in [-0.2, 0) is 9.53 Å². The smallest absolute Gasteiger partial charge is 0.330 e. The van der Waals surface area contributed by atoms with Crippen LogP contribution in [-0.4, -0.2) is 23.8 Å². The van der Waals surface area contributed by atoms with Crippen molar-refractivity contribution in [1.82, 2.24) is 4.98 Å². The molecule has 0 aliphatic carbocycles. The number of H-pyrrole nitrogens is 1. The second-order valence-corrected chi connectivity index (χ2v) is 4.63. The first kappa shape index (κ1) is 15.0. The summed E-state index contributed by atoms with van der Waals surface area (Å²) in [5, 5.41) is 0.587. The maximum atomic E-state index is 13.5. The minimum absolute atomic E-state index is 0.363. The zero-order valence-electron chi connectivity index (χ0n) is 11.7. The van der Waals surface area contributed by atoms with E-state index in [0.29, 0.717) is 34.9 Å². The molecule has 5 heteroatoms. The topological polar surface area (TPSA) is 59.2 Å². The third-order valence-electron chi connectivity index (χ3n) is 3.07. The summed E-state index contributed by atoms with van der Waals surface area (Å²) in [5.74, 6) is -0.926. The molecule has 0 fully saturated rings. The van der Waals surface area contributed by atoms with E-state index in [4.69, 9.17) is 4.74 Å². The summed E-state index contributed by atoms with van der Waals surface area (Å²) in [6.07, 6.45) is 6.64. The van der Waals surface area contributed by atoms with Crippen molar-refractivity contribution in [2.24, 2.45) is 0 Å². The number of aromatic amines is 1. The lowest BCUT2D eigenvalue weighted by Gasteiger charge is -2.01. The predicted octanol–water partition coefficient (Wildman–Crippen LogP) is 3.48. The highest BCUT2D eigenvalue weighted by atomic mass is 19.1. The van der Waals surface area contributed by atoms with Gasteiger partial charge in [-0.25, -0.2) is 9.18 Å². The molecule has 0 saturated heterocycles. The van der Waals surface area contributed by atoms with Crippen molar-refractivity contribution in [2.45, 2.75) is 19.8 Å². The van der Waals surface area contributed by atoms with Gasteiger partial charge in [-0.1, -0.05) is 13.3 Å². The largest absolute Gasteiger partial charge is 0.463 e. The summed E-state index contributed by atoms with van der Waals surface area (Å²) in [7, 11) is 0. The molecule has 0 radical (unpaired) electrons. The van der Waals surface area contributed by atoms with Crippen molar-refractivity contribution in [3.05, 3.63) is 41.3 Å². The van der Waals surface area contributed by atoms with Crippen LogP contribution in [0.4, 0.5) is 4.39 Å². The van der Waals surface area contributed by atoms with Crippen molar-refractivity contribution in [2.75, 3.05) is 6.61 Å². The van der Waals surface area contributed by atoms with Crippen LogP contribution in [0.15, 0.2) is 24.4 Å². The zero-order chi connectivity index (χ0) is 15.2. The van der Waals surface area contributed by atoms with Gasteiger partial charge in [-0.15, -0.1) is 0 Å². The normalized spacial score (nSPS) is 11.1. The molecular weight excluding hydrogens is 273 g/mol. The minimum atomic E-state index is -0.482. The molecule has 2 rings (SSSR count). The van der Waals surface area contributed by atoms with Gasteiger partial charge in [0, 0.05) is 28.7 Å². The van der Waals surface area contributed by atoms with E-state index >= 15 is 0 Å². The van der Waals surface area contributed by atoms with Gasteiger partial charge in [-0.2, -0.15) is 0 Å². The summed E-state index contributed by atoms with van der Waals surface area (Å²) in [6, 6.07) is 2.58. The number of aldehydes is 1. The average Bonchev–Trinajstić information content (AvgIpc) is 2.87. The Hall–Kier alpha value is -2.43. The Bertz CT molecular complexity index is 688. The van der Waals surface area contributed by atoms with E-state index in [-0.39, 0.29) is 0 Å². The van der Waals surface area contributed by atoms with Crippen LogP contribution < -0.4 is 0 Å². The number of halogens is 1. The van der Waals surface area contributed by atoms with Gasteiger partial charge in [0.1, 0.15) is 5.82 Å². The van der Waals surface area contributed by atoms with Crippen LogP contribution >= 0.6 is 0 Å². The lowest BCUT2D eigenvalue weighted by molar-refractivity contribution is -0.137. The first-order valence-electron chi connectivity index (χ1n) is 6.76. The van der Waals surface area contributed by atoms with Gasteiger partial charge in [0.25, 0.3) is 0 Å². The van der Waals surface area contributed by atoms with Gasteiger partial charge in [-0.3, -0.25) is 4.79 Å². The zero-order valence-corrected chi connectivity index (χ0v) is 11.7. The van der Waals surface area contributed by atoms with E-state index in [1.54, 1.807) is 0 Å². The summed E-state index contributed by atoms with van der Waals surface area (Å²) >= 11 is 0. The molecule has 0 spiro atoms. The molecule has 110 valence electrons. The standard InChI is InChI=1S/C16H16FNO3/c1-2-3-6-21-15(20)5-4-11-7-13(17)8-14-16(11)12(10-19)9-18-14/h4-5,7-10,18H,2-3,6H2,1H3/b5-4+. The van der Waals surface area contributed by atoms with Crippen molar-refractivity contribution in [1.29, 1.82) is 0 Å². The van der Waals surface area contributed by atoms with Crippen molar-refractivity contribution in [3.63, 3.8) is 0 Å². The lowest BCUT2D eigenvalue weighted by atomic mass is 10.1. The number of hydrogen-bond acceptors (Lipinski definition) is 3. The van der Waals surface area contributed by atoms with Crippen molar-refractivity contribution in [3.8, 4) is 0 Å². The Morgan fingerprint density at radius 1 is 1.38 bits per heavy atom. The van der Waals surface area contributed by atoms with Gasteiger partial charge in [0.15, 0.2) is 6.29 Å². The highest BCUT2D eigenvalue weighted by Crippen LogP contribution is 2.24. The van der Waals surface area contributed by atoms with Crippen LogP contribution in [0, 0.1) is 5.82 Å². The fourth-order valence-electron chi connectivity index (χ4n) is 2.04. The fraction of sp³-hybridized carbons (Fsp3) is 0.250. The van der Waals surface area contributed by atoms with Gasteiger partial charge < -0.3 is 9.72 Å². The average molecular weight is 289 g/mol. The number of unbranched alkanes of at least 4 members (excludes halogenated alkanes) is 1. The van der Waals surface area contributed by atoms with E-state index in [1.165, 1.54) is 30.5 Å². The number of aromatic nitrogens is 1. The maximum absolute atomic E-state index is 13.5. The number of carbonyl (C=O) groups is 2. The molecule has 4 nitrogen and oxygen atoms in total. The molecule has 0 aliphatic heterocycles. The molecule has 1 heterocycles. The summed E-state index contributed by atoms with van der Waals surface area (Å²) < 4.78 is 18.5. The van der Waals surface area contributed by atoms with Crippen molar-refractivity contribution >= 4 is 29.2 Å². The Labute approximate surface area is 121 Å².